The minimum absolute atomic E-state index is 0.00587. The number of halogens is 1. The summed E-state index contributed by atoms with van der Waals surface area (Å²) in [5.74, 6) is 0.671. The molecule has 0 heterocycles. The van der Waals surface area contributed by atoms with E-state index in [0.717, 1.165) is 18.4 Å². The van der Waals surface area contributed by atoms with Gasteiger partial charge in [0.2, 0.25) is 5.91 Å². The number of nitrogens with zero attached hydrogens (tertiary/aromatic N) is 1. The van der Waals surface area contributed by atoms with Crippen LogP contribution in [0.2, 0.25) is 0 Å². The summed E-state index contributed by atoms with van der Waals surface area (Å²) in [5, 5.41) is 9.02. The Kier molecular flexibility index (Phi) is 7.46. The van der Waals surface area contributed by atoms with Gasteiger partial charge in [-0.3, -0.25) is 4.79 Å². The summed E-state index contributed by atoms with van der Waals surface area (Å²) in [4.78, 5) is 13.7. The molecule has 0 saturated carbocycles. The second-order valence-corrected chi connectivity index (χ2v) is 4.55. The third-order valence-corrected chi connectivity index (χ3v) is 2.98. The van der Waals surface area contributed by atoms with Crippen molar-refractivity contribution < 1.29 is 9.90 Å². The number of benzene rings is 1. The van der Waals surface area contributed by atoms with Crippen molar-refractivity contribution in [1.29, 1.82) is 0 Å². The first-order valence-electron chi connectivity index (χ1n) is 6.26. The predicted octanol–water partition coefficient (Wildman–Crippen LogP) is 2.42. The van der Waals surface area contributed by atoms with E-state index in [1.807, 2.05) is 30.3 Å². The van der Waals surface area contributed by atoms with Gasteiger partial charge in [0.15, 0.2) is 0 Å². The van der Waals surface area contributed by atoms with Gasteiger partial charge in [0, 0.05) is 25.4 Å². The summed E-state index contributed by atoms with van der Waals surface area (Å²) in [6, 6.07) is 9.81. The summed E-state index contributed by atoms with van der Waals surface area (Å²) in [5.41, 5.74) is 1.08. The lowest BCUT2D eigenvalue weighted by Gasteiger charge is -2.22. The number of unbranched alkanes of at least 4 members (excludes halogenated alkanes) is 1. The van der Waals surface area contributed by atoms with Crippen molar-refractivity contribution in [2.24, 2.45) is 0 Å². The van der Waals surface area contributed by atoms with Crippen molar-refractivity contribution in [2.75, 3.05) is 19.0 Å². The lowest BCUT2D eigenvalue weighted by atomic mass is 10.2. The monoisotopic (exact) mass is 269 g/mol. The molecular weight excluding hydrogens is 250 g/mol. The van der Waals surface area contributed by atoms with Crippen LogP contribution in [0.25, 0.3) is 0 Å². The highest BCUT2D eigenvalue weighted by Gasteiger charge is 2.12. The van der Waals surface area contributed by atoms with Crippen LogP contribution >= 0.6 is 11.6 Å². The topological polar surface area (TPSA) is 40.5 Å². The lowest BCUT2D eigenvalue weighted by molar-refractivity contribution is -0.132. The van der Waals surface area contributed by atoms with Crippen molar-refractivity contribution in [3.63, 3.8) is 0 Å². The molecule has 1 rings (SSSR count). The Labute approximate surface area is 113 Å². The minimum atomic E-state index is -0.00587. The number of amides is 1. The van der Waals surface area contributed by atoms with E-state index in [0.29, 0.717) is 25.4 Å². The van der Waals surface area contributed by atoms with Crippen molar-refractivity contribution in [3.8, 4) is 0 Å². The summed E-state index contributed by atoms with van der Waals surface area (Å²) in [7, 11) is 0. The number of aliphatic hydroxyl groups is 1. The maximum absolute atomic E-state index is 12.0. The van der Waals surface area contributed by atoms with E-state index in [9.17, 15) is 4.79 Å². The molecule has 0 saturated heterocycles. The van der Waals surface area contributed by atoms with Gasteiger partial charge < -0.3 is 10.0 Å². The van der Waals surface area contributed by atoms with E-state index < -0.39 is 0 Å². The van der Waals surface area contributed by atoms with Crippen molar-refractivity contribution >= 4 is 17.5 Å². The fraction of sp³-hybridized carbons (Fsp3) is 0.500. The van der Waals surface area contributed by atoms with E-state index in [-0.39, 0.29) is 12.5 Å². The molecule has 1 N–H and O–H groups in total. The summed E-state index contributed by atoms with van der Waals surface area (Å²) < 4.78 is 0. The molecule has 0 aromatic heterocycles. The number of carbonyl (C=O) groups excluding carboxylic acids is 1. The molecule has 0 spiro atoms. The molecule has 0 fully saturated rings. The Morgan fingerprint density at radius 2 is 1.94 bits per heavy atom. The van der Waals surface area contributed by atoms with Crippen LogP contribution in [-0.4, -0.2) is 34.9 Å². The molecule has 0 atom stereocenters. The van der Waals surface area contributed by atoms with Crippen molar-refractivity contribution in [1.82, 2.24) is 4.90 Å². The number of carbonyl (C=O) groups is 1. The number of aliphatic hydroxyl groups excluding tert-OH is 1. The molecule has 0 radical (unpaired) electrons. The first-order chi connectivity index (χ1) is 8.77. The minimum Gasteiger partial charge on any atom is -0.395 e. The molecular formula is C14H20ClNO2. The maximum Gasteiger partial charge on any atom is 0.222 e. The van der Waals surface area contributed by atoms with Crippen LogP contribution in [0.3, 0.4) is 0 Å². The largest absolute Gasteiger partial charge is 0.395 e. The highest BCUT2D eigenvalue weighted by atomic mass is 35.5. The van der Waals surface area contributed by atoms with Gasteiger partial charge in [-0.1, -0.05) is 30.3 Å². The van der Waals surface area contributed by atoms with Gasteiger partial charge in [-0.2, -0.15) is 0 Å². The molecule has 1 aromatic rings. The van der Waals surface area contributed by atoms with Crippen LogP contribution in [0.15, 0.2) is 30.3 Å². The first kappa shape index (κ1) is 15.0. The normalized spacial score (nSPS) is 10.3. The van der Waals surface area contributed by atoms with E-state index in [4.69, 9.17) is 16.7 Å². The third kappa shape index (κ3) is 5.52. The molecule has 0 aliphatic heterocycles. The number of alkyl halides is 1. The van der Waals surface area contributed by atoms with Gasteiger partial charge >= 0.3 is 0 Å². The van der Waals surface area contributed by atoms with Gasteiger partial charge in [-0.05, 0) is 18.4 Å². The molecule has 0 aliphatic rings. The highest BCUT2D eigenvalue weighted by molar-refractivity contribution is 6.17. The molecule has 1 aromatic carbocycles. The number of hydrogen-bond donors (Lipinski definition) is 1. The Hall–Kier alpha value is -1.06. The van der Waals surface area contributed by atoms with Crippen LogP contribution in [0.5, 0.6) is 0 Å². The average molecular weight is 270 g/mol. The molecule has 0 unspecified atom stereocenters. The SMILES string of the molecule is O=C(CCCCCl)N(CCO)Cc1ccccc1. The lowest BCUT2D eigenvalue weighted by Crippen LogP contribution is -2.32. The van der Waals surface area contributed by atoms with E-state index in [1.54, 1.807) is 4.90 Å². The van der Waals surface area contributed by atoms with Crippen molar-refractivity contribution in [2.45, 2.75) is 25.8 Å². The smallest absolute Gasteiger partial charge is 0.222 e. The molecule has 4 heteroatoms. The molecule has 18 heavy (non-hydrogen) atoms. The standard InChI is InChI=1S/C14H20ClNO2/c15-9-5-4-8-14(18)16(10-11-17)12-13-6-2-1-3-7-13/h1-3,6-7,17H,4-5,8-12H2. The van der Waals surface area contributed by atoms with Gasteiger partial charge in [0.05, 0.1) is 6.61 Å². The van der Waals surface area contributed by atoms with Crippen LogP contribution in [-0.2, 0) is 11.3 Å². The zero-order valence-electron chi connectivity index (χ0n) is 10.5. The third-order valence-electron chi connectivity index (χ3n) is 2.71. The summed E-state index contributed by atoms with van der Waals surface area (Å²) >= 11 is 5.59. The van der Waals surface area contributed by atoms with Gasteiger partial charge in [0.1, 0.15) is 0 Å². The second kappa shape index (κ2) is 8.95. The fourth-order valence-corrected chi connectivity index (χ4v) is 1.93. The maximum atomic E-state index is 12.0. The molecule has 1 amide bonds. The van der Waals surface area contributed by atoms with Crippen molar-refractivity contribution in [3.05, 3.63) is 35.9 Å². The zero-order chi connectivity index (χ0) is 13.2. The van der Waals surface area contributed by atoms with E-state index in [1.165, 1.54) is 0 Å². The Balaban J connectivity index is 2.50. The second-order valence-electron chi connectivity index (χ2n) is 4.17. The molecule has 0 bridgehead atoms. The fourth-order valence-electron chi connectivity index (χ4n) is 1.75. The van der Waals surface area contributed by atoms with E-state index >= 15 is 0 Å². The van der Waals surface area contributed by atoms with Crippen LogP contribution in [0.1, 0.15) is 24.8 Å². The number of rotatable bonds is 8. The first-order valence-corrected chi connectivity index (χ1v) is 6.80. The molecule has 100 valence electrons. The van der Waals surface area contributed by atoms with Gasteiger partial charge in [-0.25, -0.2) is 0 Å². The average Bonchev–Trinajstić information content (AvgIpc) is 2.39. The number of hydrogen-bond acceptors (Lipinski definition) is 2. The summed E-state index contributed by atoms with van der Waals surface area (Å²) in [6.07, 6.45) is 2.16. The highest BCUT2D eigenvalue weighted by Crippen LogP contribution is 2.08. The summed E-state index contributed by atoms with van der Waals surface area (Å²) in [6.45, 7) is 0.934. The van der Waals surface area contributed by atoms with Crippen LogP contribution < -0.4 is 0 Å². The molecule has 3 nitrogen and oxygen atoms in total. The van der Waals surface area contributed by atoms with E-state index in [2.05, 4.69) is 0 Å². The zero-order valence-corrected chi connectivity index (χ0v) is 11.3. The van der Waals surface area contributed by atoms with Crippen LogP contribution in [0, 0.1) is 0 Å². The predicted molar refractivity (Wildman–Crippen MR) is 73.5 cm³/mol. The van der Waals surface area contributed by atoms with Gasteiger partial charge in [-0.15, -0.1) is 11.6 Å². The molecule has 0 aliphatic carbocycles. The van der Waals surface area contributed by atoms with Crippen LogP contribution in [0.4, 0.5) is 0 Å². The quantitative estimate of drug-likeness (QED) is 0.582. The Bertz CT molecular complexity index is 343. The Morgan fingerprint density at radius 3 is 2.56 bits per heavy atom. The van der Waals surface area contributed by atoms with Gasteiger partial charge in [0.25, 0.3) is 0 Å². The Morgan fingerprint density at radius 1 is 1.22 bits per heavy atom.